The van der Waals surface area contributed by atoms with E-state index in [1.165, 1.54) is 18.2 Å². The predicted molar refractivity (Wildman–Crippen MR) is 72.8 cm³/mol. The second kappa shape index (κ2) is 5.79. The average Bonchev–Trinajstić information content (AvgIpc) is 2.70. The number of halogens is 3. The summed E-state index contributed by atoms with van der Waals surface area (Å²) in [4.78, 5) is 0. The summed E-state index contributed by atoms with van der Waals surface area (Å²) in [6.07, 6.45) is 1.88. The van der Waals surface area contributed by atoms with E-state index in [1.54, 1.807) is 25.0 Å². The molecule has 0 bridgehead atoms. The monoisotopic (exact) mass is 329 g/mol. The molecule has 0 aliphatic rings. The lowest BCUT2D eigenvalue weighted by atomic mass is 10.0. The normalized spacial score (nSPS) is 12.7. The first-order valence-corrected chi connectivity index (χ1v) is 6.61. The molecule has 1 N–H and O–H groups in total. The van der Waals surface area contributed by atoms with Crippen molar-refractivity contribution < 1.29 is 8.78 Å². The standard InChI is InChI=1S/C13H14BrF2N3/c1-17-12(13-9(14)7-18-19(13)2)6-8-10(15)4-3-5-11(8)16/h3-5,7,12,17H,6H2,1-2H3. The highest BCUT2D eigenvalue weighted by molar-refractivity contribution is 9.10. The highest BCUT2D eigenvalue weighted by Gasteiger charge is 2.21. The first kappa shape index (κ1) is 14.1. The molecule has 2 aromatic rings. The van der Waals surface area contributed by atoms with Crippen LogP contribution in [0, 0.1) is 11.6 Å². The van der Waals surface area contributed by atoms with Crippen LogP contribution in [0.5, 0.6) is 0 Å². The van der Waals surface area contributed by atoms with Gasteiger partial charge in [-0.15, -0.1) is 0 Å². The summed E-state index contributed by atoms with van der Waals surface area (Å²) >= 11 is 3.40. The van der Waals surface area contributed by atoms with Crippen LogP contribution in [0.3, 0.4) is 0 Å². The van der Waals surface area contributed by atoms with Gasteiger partial charge in [0.05, 0.1) is 22.4 Å². The van der Waals surface area contributed by atoms with Crippen LogP contribution in [0.1, 0.15) is 17.3 Å². The zero-order valence-corrected chi connectivity index (χ0v) is 12.2. The number of nitrogens with one attached hydrogen (secondary N) is 1. The van der Waals surface area contributed by atoms with Gasteiger partial charge < -0.3 is 5.32 Å². The molecule has 0 spiro atoms. The predicted octanol–water partition coefficient (Wildman–Crippen LogP) is 2.96. The minimum absolute atomic E-state index is 0.0787. The van der Waals surface area contributed by atoms with Crippen molar-refractivity contribution in [2.45, 2.75) is 12.5 Å². The lowest BCUT2D eigenvalue weighted by Crippen LogP contribution is -2.23. The molecule has 3 nitrogen and oxygen atoms in total. The number of aryl methyl sites for hydroxylation is 1. The fourth-order valence-electron chi connectivity index (χ4n) is 2.08. The summed E-state index contributed by atoms with van der Waals surface area (Å²) in [5.74, 6) is -1.06. The second-order valence-electron chi connectivity index (χ2n) is 4.25. The van der Waals surface area contributed by atoms with Gasteiger partial charge in [-0.3, -0.25) is 4.68 Å². The minimum atomic E-state index is -0.529. The molecule has 0 amide bonds. The molecule has 1 aromatic heterocycles. The van der Waals surface area contributed by atoms with Crippen LogP contribution in [0.25, 0.3) is 0 Å². The van der Waals surface area contributed by atoms with Gasteiger partial charge in [0, 0.05) is 12.6 Å². The third-order valence-corrected chi connectivity index (χ3v) is 3.70. The van der Waals surface area contributed by atoms with Crippen LogP contribution in [0.2, 0.25) is 0 Å². The Morgan fingerprint density at radius 3 is 2.47 bits per heavy atom. The minimum Gasteiger partial charge on any atom is -0.311 e. The lowest BCUT2D eigenvalue weighted by molar-refractivity contribution is 0.493. The molecule has 1 heterocycles. The zero-order chi connectivity index (χ0) is 14.0. The fraction of sp³-hybridized carbons (Fsp3) is 0.308. The molecule has 1 atom stereocenters. The van der Waals surface area contributed by atoms with Crippen molar-refractivity contribution >= 4 is 15.9 Å². The molecular formula is C13H14BrF2N3. The van der Waals surface area contributed by atoms with E-state index in [0.29, 0.717) is 0 Å². The number of nitrogens with zero attached hydrogens (tertiary/aromatic N) is 2. The largest absolute Gasteiger partial charge is 0.311 e. The molecule has 0 radical (unpaired) electrons. The third-order valence-electron chi connectivity index (χ3n) is 3.09. The number of rotatable bonds is 4. The molecule has 19 heavy (non-hydrogen) atoms. The van der Waals surface area contributed by atoms with Crippen LogP contribution in [-0.4, -0.2) is 16.8 Å². The van der Waals surface area contributed by atoms with E-state index in [2.05, 4.69) is 26.3 Å². The molecule has 0 aliphatic heterocycles. The lowest BCUT2D eigenvalue weighted by Gasteiger charge is -2.18. The highest BCUT2D eigenvalue weighted by Crippen LogP contribution is 2.27. The van der Waals surface area contributed by atoms with Gasteiger partial charge in [0.15, 0.2) is 0 Å². The van der Waals surface area contributed by atoms with Crippen molar-refractivity contribution in [1.82, 2.24) is 15.1 Å². The van der Waals surface area contributed by atoms with Gasteiger partial charge in [0.1, 0.15) is 11.6 Å². The quantitative estimate of drug-likeness (QED) is 0.934. The Kier molecular flexibility index (Phi) is 4.31. The number of likely N-dealkylation sites (N-methyl/N-ethyl adjacent to an activating group) is 1. The topological polar surface area (TPSA) is 29.9 Å². The molecule has 0 aliphatic carbocycles. The Bertz CT molecular complexity index is 544. The average molecular weight is 330 g/mol. The van der Waals surface area contributed by atoms with Crippen molar-refractivity contribution in [2.75, 3.05) is 7.05 Å². The Balaban J connectivity index is 2.35. The van der Waals surface area contributed by atoms with Gasteiger partial charge >= 0.3 is 0 Å². The summed E-state index contributed by atoms with van der Waals surface area (Å²) in [7, 11) is 3.55. The van der Waals surface area contributed by atoms with E-state index in [-0.39, 0.29) is 18.0 Å². The van der Waals surface area contributed by atoms with E-state index in [1.807, 2.05) is 0 Å². The number of hydrogen-bond donors (Lipinski definition) is 1. The molecular weight excluding hydrogens is 316 g/mol. The molecule has 102 valence electrons. The summed E-state index contributed by atoms with van der Waals surface area (Å²) < 4.78 is 29.9. The molecule has 0 saturated heterocycles. The van der Waals surface area contributed by atoms with E-state index in [0.717, 1.165) is 10.2 Å². The van der Waals surface area contributed by atoms with Crippen LogP contribution < -0.4 is 5.32 Å². The van der Waals surface area contributed by atoms with Gasteiger partial charge in [-0.2, -0.15) is 5.10 Å². The Hall–Kier alpha value is -1.27. The van der Waals surface area contributed by atoms with Gasteiger partial charge in [-0.05, 0) is 41.5 Å². The van der Waals surface area contributed by atoms with Crippen molar-refractivity contribution in [1.29, 1.82) is 0 Å². The Morgan fingerprint density at radius 2 is 2.00 bits per heavy atom. The number of benzene rings is 1. The van der Waals surface area contributed by atoms with Crippen LogP contribution in [-0.2, 0) is 13.5 Å². The molecule has 6 heteroatoms. The van der Waals surface area contributed by atoms with Crippen molar-refractivity contribution in [3.8, 4) is 0 Å². The van der Waals surface area contributed by atoms with Gasteiger partial charge in [0.2, 0.25) is 0 Å². The Labute approximate surface area is 118 Å². The van der Waals surface area contributed by atoms with E-state index in [9.17, 15) is 8.78 Å². The SMILES string of the molecule is CNC(Cc1c(F)cccc1F)c1c(Br)cnn1C. The van der Waals surface area contributed by atoms with Crippen LogP contribution in [0.4, 0.5) is 8.78 Å². The molecule has 0 saturated carbocycles. The zero-order valence-electron chi connectivity index (χ0n) is 10.6. The van der Waals surface area contributed by atoms with E-state index >= 15 is 0 Å². The summed E-state index contributed by atoms with van der Waals surface area (Å²) in [5, 5.41) is 7.18. The fourth-order valence-corrected chi connectivity index (χ4v) is 2.70. The third kappa shape index (κ3) is 2.84. The maximum Gasteiger partial charge on any atom is 0.129 e. The molecule has 1 aromatic carbocycles. The summed E-state index contributed by atoms with van der Waals surface area (Å²) in [6.45, 7) is 0. The van der Waals surface area contributed by atoms with E-state index in [4.69, 9.17) is 0 Å². The summed E-state index contributed by atoms with van der Waals surface area (Å²) in [5.41, 5.74) is 0.931. The Morgan fingerprint density at radius 1 is 1.37 bits per heavy atom. The molecule has 2 rings (SSSR count). The van der Waals surface area contributed by atoms with Gasteiger partial charge in [-0.1, -0.05) is 6.07 Å². The first-order valence-electron chi connectivity index (χ1n) is 5.82. The first-order chi connectivity index (χ1) is 9.04. The summed E-state index contributed by atoms with van der Waals surface area (Å²) in [6, 6.07) is 3.67. The van der Waals surface area contributed by atoms with E-state index < -0.39 is 11.6 Å². The highest BCUT2D eigenvalue weighted by atomic mass is 79.9. The number of aromatic nitrogens is 2. The van der Waals surface area contributed by atoms with Gasteiger partial charge in [-0.25, -0.2) is 8.78 Å². The second-order valence-corrected chi connectivity index (χ2v) is 5.10. The van der Waals surface area contributed by atoms with Crippen molar-refractivity contribution in [3.63, 3.8) is 0 Å². The maximum absolute atomic E-state index is 13.7. The molecule has 1 unspecified atom stereocenters. The van der Waals surface area contributed by atoms with Crippen molar-refractivity contribution in [2.24, 2.45) is 7.05 Å². The van der Waals surface area contributed by atoms with Crippen molar-refractivity contribution in [3.05, 3.63) is 51.8 Å². The van der Waals surface area contributed by atoms with Gasteiger partial charge in [0.25, 0.3) is 0 Å². The van der Waals surface area contributed by atoms with Crippen LogP contribution in [0.15, 0.2) is 28.9 Å². The van der Waals surface area contributed by atoms with Crippen LogP contribution >= 0.6 is 15.9 Å². The maximum atomic E-state index is 13.7. The molecule has 0 fully saturated rings. The number of hydrogen-bond acceptors (Lipinski definition) is 2. The smallest absolute Gasteiger partial charge is 0.129 e.